The lowest BCUT2D eigenvalue weighted by atomic mass is 9.94. The van der Waals surface area contributed by atoms with Gasteiger partial charge in [0.15, 0.2) is 0 Å². The lowest BCUT2D eigenvalue weighted by Gasteiger charge is -2.34. The van der Waals surface area contributed by atoms with E-state index in [0.29, 0.717) is 11.5 Å². The van der Waals surface area contributed by atoms with Crippen LogP contribution in [0.3, 0.4) is 0 Å². The summed E-state index contributed by atoms with van der Waals surface area (Å²) in [5, 5.41) is 0. The first-order valence-electron chi connectivity index (χ1n) is 12.6. The van der Waals surface area contributed by atoms with Crippen molar-refractivity contribution in [2.75, 3.05) is 39.5 Å². The number of carbonyl (C=O) groups is 1. The lowest BCUT2D eigenvalue weighted by molar-refractivity contribution is 0.0186. The van der Waals surface area contributed by atoms with Gasteiger partial charge in [0.05, 0.1) is 24.9 Å². The number of hydrogen-bond donors (Lipinski definition) is 0. The van der Waals surface area contributed by atoms with Crippen molar-refractivity contribution < 1.29 is 19.0 Å². The molecule has 33 heavy (non-hydrogen) atoms. The van der Waals surface area contributed by atoms with Crippen molar-refractivity contribution in [2.45, 2.75) is 78.9 Å². The molecular formula is C27H42N2O4. The Morgan fingerprint density at radius 2 is 1.67 bits per heavy atom. The van der Waals surface area contributed by atoms with Gasteiger partial charge in [0.2, 0.25) is 0 Å². The van der Waals surface area contributed by atoms with E-state index >= 15 is 0 Å². The SMILES string of the molecule is CCC.Cc1c(C(=O)OC(C)C)cc2cc(C3CCOCC3)cn2c1C(C)N1CCOCC1. The number of nitrogens with zero attached hydrogens (tertiary/aromatic N) is 2. The highest BCUT2D eigenvalue weighted by Gasteiger charge is 2.27. The van der Waals surface area contributed by atoms with Crippen LogP contribution in [0.15, 0.2) is 18.3 Å². The third-order valence-corrected chi connectivity index (χ3v) is 6.46. The fourth-order valence-electron chi connectivity index (χ4n) is 4.79. The molecule has 0 spiro atoms. The van der Waals surface area contributed by atoms with E-state index in [1.54, 1.807) is 0 Å². The van der Waals surface area contributed by atoms with E-state index in [9.17, 15) is 4.79 Å². The number of ether oxygens (including phenoxy) is 3. The molecule has 2 aromatic heterocycles. The molecule has 0 saturated carbocycles. The monoisotopic (exact) mass is 458 g/mol. The first-order chi connectivity index (χ1) is 15.9. The largest absolute Gasteiger partial charge is 0.459 e. The van der Waals surface area contributed by atoms with Gasteiger partial charge in [-0.25, -0.2) is 4.79 Å². The molecule has 0 aromatic carbocycles. The van der Waals surface area contributed by atoms with Crippen LogP contribution in [0.5, 0.6) is 0 Å². The number of pyridine rings is 1. The van der Waals surface area contributed by atoms with Gasteiger partial charge in [-0.3, -0.25) is 4.90 Å². The Hall–Kier alpha value is -1.89. The zero-order valence-electron chi connectivity index (χ0n) is 21.4. The minimum atomic E-state index is -0.241. The molecule has 6 heteroatoms. The van der Waals surface area contributed by atoms with Gasteiger partial charge in [0, 0.05) is 49.8 Å². The predicted molar refractivity (Wildman–Crippen MR) is 132 cm³/mol. The number of hydrogen-bond acceptors (Lipinski definition) is 5. The average molecular weight is 459 g/mol. The summed E-state index contributed by atoms with van der Waals surface area (Å²) >= 11 is 0. The summed E-state index contributed by atoms with van der Waals surface area (Å²) in [4.78, 5) is 15.3. The average Bonchev–Trinajstić information content (AvgIpc) is 3.23. The number of rotatable bonds is 5. The second-order valence-corrected chi connectivity index (χ2v) is 9.51. The Morgan fingerprint density at radius 3 is 2.27 bits per heavy atom. The minimum absolute atomic E-state index is 0.141. The van der Waals surface area contributed by atoms with E-state index in [1.165, 1.54) is 17.7 Å². The summed E-state index contributed by atoms with van der Waals surface area (Å²) < 4.78 is 19.0. The molecule has 0 bridgehead atoms. The maximum Gasteiger partial charge on any atom is 0.338 e. The Balaban J connectivity index is 0.000000968. The number of aromatic nitrogens is 1. The fourth-order valence-corrected chi connectivity index (χ4v) is 4.79. The normalized spacial score (nSPS) is 18.8. The highest BCUT2D eigenvalue weighted by atomic mass is 16.5. The first-order valence-corrected chi connectivity index (χ1v) is 12.6. The number of esters is 1. The summed E-state index contributed by atoms with van der Waals surface area (Å²) in [5.41, 5.74) is 5.24. The smallest absolute Gasteiger partial charge is 0.338 e. The van der Waals surface area contributed by atoms with Crippen LogP contribution in [0.2, 0.25) is 0 Å². The summed E-state index contributed by atoms with van der Waals surface area (Å²) in [6.45, 7) is 17.3. The minimum Gasteiger partial charge on any atom is -0.459 e. The quantitative estimate of drug-likeness (QED) is 0.553. The van der Waals surface area contributed by atoms with E-state index < -0.39 is 0 Å². The molecule has 2 aromatic rings. The standard InChI is InChI=1S/C24H34N2O4.C3H8/c1-16(2)30-24(27)22-14-21-13-20(19-5-9-28-10-6-19)15-26(21)23(17(22)3)18(4)25-7-11-29-12-8-25;1-3-2/h13-16,18-19H,5-12H2,1-4H3;3H2,1-2H3. The maximum absolute atomic E-state index is 12.9. The van der Waals surface area contributed by atoms with Crippen molar-refractivity contribution in [3.05, 3.63) is 40.7 Å². The molecule has 0 N–H and O–H groups in total. The molecular weight excluding hydrogens is 416 g/mol. The molecule has 4 rings (SSSR count). The van der Waals surface area contributed by atoms with Crippen LogP contribution in [-0.2, 0) is 14.2 Å². The zero-order chi connectivity index (χ0) is 24.0. The molecule has 0 amide bonds. The first kappa shape index (κ1) is 25.7. The highest BCUT2D eigenvalue weighted by molar-refractivity contribution is 5.93. The molecule has 4 heterocycles. The molecule has 184 valence electrons. The molecule has 0 aliphatic carbocycles. The van der Waals surface area contributed by atoms with Gasteiger partial charge in [0.1, 0.15) is 0 Å². The van der Waals surface area contributed by atoms with Crippen molar-refractivity contribution in [3.63, 3.8) is 0 Å². The number of fused-ring (bicyclic) bond motifs is 1. The van der Waals surface area contributed by atoms with Crippen molar-refractivity contribution >= 4 is 11.5 Å². The molecule has 2 saturated heterocycles. The fraction of sp³-hybridized carbons (Fsp3) is 0.667. The van der Waals surface area contributed by atoms with Crippen molar-refractivity contribution in [1.29, 1.82) is 0 Å². The van der Waals surface area contributed by atoms with Gasteiger partial charge >= 0.3 is 5.97 Å². The summed E-state index contributed by atoms with van der Waals surface area (Å²) in [5.74, 6) is 0.269. The third-order valence-electron chi connectivity index (χ3n) is 6.46. The van der Waals surface area contributed by atoms with Crippen molar-refractivity contribution in [2.24, 2.45) is 0 Å². The molecule has 2 aliphatic rings. The Bertz CT molecular complexity index is 908. The van der Waals surface area contributed by atoms with E-state index in [2.05, 4.69) is 49.3 Å². The maximum atomic E-state index is 12.9. The molecule has 6 nitrogen and oxygen atoms in total. The lowest BCUT2D eigenvalue weighted by Crippen LogP contribution is -2.39. The number of morpholine rings is 1. The molecule has 1 unspecified atom stereocenters. The van der Waals surface area contributed by atoms with Crippen LogP contribution >= 0.6 is 0 Å². The third kappa shape index (κ3) is 6.17. The second kappa shape index (κ2) is 12.0. The second-order valence-electron chi connectivity index (χ2n) is 9.51. The van der Waals surface area contributed by atoms with Gasteiger partial charge in [-0.2, -0.15) is 0 Å². The zero-order valence-corrected chi connectivity index (χ0v) is 21.4. The topological polar surface area (TPSA) is 52.4 Å². The van der Waals surface area contributed by atoms with E-state index in [-0.39, 0.29) is 18.1 Å². The summed E-state index contributed by atoms with van der Waals surface area (Å²) in [6.07, 6.45) is 5.49. The predicted octanol–water partition coefficient (Wildman–Crippen LogP) is 5.52. The molecule has 1 atom stereocenters. The van der Waals surface area contributed by atoms with Crippen LogP contribution < -0.4 is 0 Å². The van der Waals surface area contributed by atoms with Gasteiger partial charge in [-0.1, -0.05) is 20.3 Å². The van der Waals surface area contributed by atoms with Crippen LogP contribution in [0.25, 0.3) is 5.52 Å². The van der Waals surface area contributed by atoms with Crippen LogP contribution in [0.1, 0.15) is 93.0 Å². The van der Waals surface area contributed by atoms with Crippen LogP contribution in [-0.4, -0.2) is 60.9 Å². The van der Waals surface area contributed by atoms with Gasteiger partial charge < -0.3 is 18.6 Å². The van der Waals surface area contributed by atoms with Crippen LogP contribution in [0, 0.1) is 6.92 Å². The van der Waals surface area contributed by atoms with Gasteiger partial charge in [0.25, 0.3) is 0 Å². The highest BCUT2D eigenvalue weighted by Crippen LogP contribution is 2.34. The Morgan fingerprint density at radius 1 is 1.06 bits per heavy atom. The van der Waals surface area contributed by atoms with Gasteiger partial charge in [-0.05, 0) is 69.7 Å². The van der Waals surface area contributed by atoms with Gasteiger partial charge in [-0.15, -0.1) is 0 Å². The van der Waals surface area contributed by atoms with E-state index in [4.69, 9.17) is 14.2 Å². The van der Waals surface area contributed by atoms with Crippen LogP contribution in [0.4, 0.5) is 0 Å². The summed E-state index contributed by atoms with van der Waals surface area (Å²) in [7, 11) is 0. The van der Waals surface area contributed by atoms with E-state index in [1.807, 2.05) is 19.9 Å². The number of carbonyl (C=O) groups excluding carboxylic acids is 1. The Kier molecular flexibility index (Phi) is 9.36. The Labute approximate surface area is 199 Å². The van der Waals surface area contributed by atoms with Crippen molar-refractivity contribution in [1.82, 2.24) is 9.30 Å². The summed E-state index contributed by atoms with van der Waals surface area (Å²) in [6, 6.07) is 4.42. The molecule has 2 fully saturated rings. The van der Waals surface area contributed by atoms with Crippen molar-refractivity contribution in [3.8, 4) is 0 Å². The molecule has 2 aliphatic heterocycles. The molecule has 0 radical (unpaired) electrons. The van der Waals surface area contributed by atoms with E-state index in [0.717, 1.165) is 63.4 Å².